The Morgan fingerprint density at radius 2 is 1.75 bits per heavy atom. The average Bonchev–Trinajstić information content (AvgIpc) is 3.31. The van der Waals surface area contributed by atoms with Crippen LogP contribution in [0.3, 0.4) is 0 Å². The molecular weight excluding hydrogens is 541 g/mol. The molecule has 0 spiro atoms. The standard InChI is InChI=1S/C25H21Cl2N3O4S2/c26-18-8-13-23(21(27)15-18)34-14-4-7-24(31)28-19-9-11-20(12-10-19)36(32,33)30-25-29-22(16-35-25)17-5-2-1-3-6-17/h1-3,5-6,8-13,15-16H,4,7,14H2,(H,28,31)(H,29,30). The highest BCUT2D eigenvalue weighted by Crippen LogP contribution is 2.28. The minimum absolute atomic E-state index is 0.0604. The molecule has 0 aliphatic carbocycles. The summed E-state index contributed by atoms with van der Waals surface area (Å²) in [5, 5.41) is 5.73. The number of hydrogen-bond donors (Lipinski definition) is 2. The third-order valence-corrected chi connectivity index (χ3v) is 7.72. The van der Waals surface area contributed by atoms with Crippen molar-refractivity contribution in [3.63, 3.8) is 0 Å². The molecule has 4 rings (SSSR count). The Morgan fingerprint density at radius 1 is 1.00 bits per heavy atom. The number of benzene rings is 3. The van der Waals surface area contributed by atoms with E-state index in [-0.39, 0.29) is 22.4 Å². The maximum atomic E-state index is 12.8. The van der Waals surface area contributed by atoms with Crippen LogP contribution in [0.1, 0.15) is 12.8 Å². The van der Waals surface area contributed by atoms with Crippen LogP contribution in [-0.4, -0.2) is 25.9 Å². The lowest BCUT2D eigenvalue weighted by molar-refractivity contribution is -0.116. The zero-order valence-corrected chi connectivity index (χ0v) is 21.9. The van der Waals surface area contributed by atoms with E-state index >= 15 is 0 Å². The average molecular weight is 563 g/mol. The van der Waals surface area contributed by atoms with Gasteiger partial charge in [-0.15, -0.1) is 11.3 Å². The van der Waals surface area contributed by atoms with E-state index in [1.54, 1.807) is 23.6 Å². The number of amides is 1. The quantitative estimate of drug-likeness (QED) is 0.209. The second kappa shape index (κ2) is 11.7. The van der Waals surface area contributed by atoms with Crippen molar-refractivity contribution in [3.8, 4) is 17.0 Å². The molecule has 0 saturated heterocycles. The summed E-state index contributed by atoms with van der Waals surface area (Å²) in [6.07, 6.45) is 0.695. The number of carbonyl (C=O) groups is 1. The maximum Gasteiger partial charge on any atom is 0.263 e. The number of rotatable bonds is 10. The summed E-state index contributed by atoms with van der Waals surface area (Å²) < 4.78 is 33.6. The van der Waals surface area contributed by atoms with Gasteiger partial charge in [0.1, 0.15) is 5.75 Å². The summed E-state index contributed by atoms with van der Waals surface area (Å²) in [6, 6.07) is 20.4. The Kier molecular flexibility index (Phi) is 8.48. The molecule has 7 nitrogen and oxygen atoms in total. The minimum atomic E-state index is -3.83. The number of sulfonamides is 1. The predicted octanol–water partition coefficient (Wildman–Crippen LogP) is 6.72. The fourth-order valence-corrected chi connectivity index (χ4v) is 5.62. The van der Waals surface area contributed by atoms with Crippen molar-refractivity contribution in [1.82, 2.24) is 4.98 Å². The molecule has 0 aliphatic rings. The van der Waals surface area contributed by atoms with Gasteiger partial charge in [-0.05, 0) is 48.9 Å². The molecule has 0 aliphatic heterocycles. The van der Waals surface area contributed by atoms with Crippen LogP contribution in [0.4, 0.5) is 10.8 Å². The lowest BCUT2D eigenvalue weighted by Gasteiger charge is -2.09. The van der Waals surface area contributed by atoms with Gasteiger partial charge < -0.3 is 10.1 Å². The molecule has 1 aromatic heterocycles. The zero-order chi connectivity index (χ0) is 25.5. The third-order valence-electron chi connectivity index (χ3n) is 4.94. The summed E-state index contributed by atoms with van der Waals surface area (Å²) >= 11 is 13.1. The summed E-state index contributed by atoms with van der Waals surface area (Å²) in [5.41, 5.74) is 2.08. The van der Waals surface area contributed by atoms with E-state index in [1.807, 2.05) is 30.3 Å². The molecule has 1 amide bonds. The third kappa shape index (κ3) is 6.98. The van der Waals surface area contributed by atoms with E-state index in [0.29, 0.717) is 40.2 Å². The van der Waals surface area contributed by atoms with Gasteiger partial charge in [0.2, 0.25) is 5.91 Å². The second-order valence-corrected chi connectivity index (χ2v) is 11.0. The van der Waals surface area contributed by atoms with Crippen LogP contribution in [0.2, 0.25) is 10.0 Å². The van der Waals surface area contributed by atoms with E-state index in [1.165, 1.54) is 35.6 Å². The van der Waals surface area contributed by atoms with Crippen molar-refractivity contribution in [3.05, 3.63) is 88.2 Å². The molecule has 0 radical (unpaired) electrons. The molecule has 3 aromatic carbocycles. The molecule has 0 saturated carbocycles. The number of halogens is 2. The monoisotopic (exact) mass is 561 g/mol. The normalized spacial score (nSPS) is 11.2. The molecule has 36 heavy (non-hydrogen) atoms. The first kappa shape index (κ1) is 26.0. The highest BCUT2D eigenvalue weighted by Gasteiger charge is 2.17. The molecule has 11 heteroatoms. The molecule has 2 N–H and O–H groups in total. The van der Waals surface area contributed by atoms with Crippen molar-refractivity contribution < 1.29 is 17.9 Å². The van der Waals surface area contributed by atoms with Gasteiger partial charge in [-0.2, -0.15) is 0 Å². The molecule has 0 fully saturated rings. The van der Waals surface area contributed by atoms with Gasteiger partial charge in [0.05, 0.1) is 22.2 Å². The van der Waals surface area contributed by atoms with Gasteiger partial charge in [0.25, 0.3) is 10.0 Å². The van der Waals surface area contributed by atoms with Crippen LogP contribution in [0.25, 0.3) is 11.3 Å². The summed E-state index contributed by atoms with van der Waals surface area (Å²) in [7, 11) is -3.83. The van der Waals surface area contributed by atoms with Crippen LogP contribution < -0.4 is 14.8 Å². The van der Waals surface area contributed by atoms with Crippen molar-refractivity contribution in [2.45, 2.75) is 17.7 Å². The number of nitrogens with zero attached hydrogens (tertiary/aromatic N) is 1. The molecular formula is C25H21Cl2N3O4S2. The van der Waals surface area contributed by atoms with Crippen LogP contribution in [-0.2, 0) is 14.8 Å². The highest BCUT2D eigenvalue weighted by atomic mass is 35.5. The number of ether oxygens (including phenoxy) is 1. The van der Waals surface area contributed by atoms with Crippen LogP contribution in [0, 0.1) is 0 Å². The first-order valence-corrected chi connectivity index (χ1v) is 13.9. The predicted molar refractivity (Wildman–Crippen MR) is 145 cm³/mol. The Hall–Kier alpha value is -3.11. The maximum absolute atomic E-state index is 12.8. The fourth-order valence-electron chi connectivity index (χ4n) is 3.18. The smallest absolute Gasteiger partial charge is 0.263 e. The van der Waals surface area contributed by atoms with Gasteiger partial charge in [0, 0.05) is 28.1 Å². The van der Waals surface area contributed by atoms with Crippen LogP contribution in [0.5, 0.6) is 5.75 Å². The second-order valence-electron chi connectivity index (χ2n) is 7.61. The van der Waals surface area contributed by atoms with Crippen molar-refractivity contribution >= 4 is 61.3 Å². The largest absolute Gasteiger partial charge is 0.492 e. The zero-order valence-electron chi connectivity index (χ0n) is 18.8. The molecule has 186 valence electrons. The van der Waals surface area contributed by atoms with Gasteiger partial charge in [-0.25, -0.2) is 13.4 Å². The van der Waals surface area contributed by atoms with Crippen LogP contribution in [0.15, 0.2) is 83.1 Å². The number of nitrogens with one attached hydrogen (secondary N) is 2. The highest BCUT2D eigenvalue weighted by molar-refractivity contribution is 7.93. The molecule has 1 heterocycles. The van der Waals surface area contributed by atoms with E-state index in [2.05, 4.69) is 15.0 Å². The van der Waals surface area contributed by atoms with Gasteiger partial charge in [0.15, 0.2) is 5.13 Å². The molecule has 0 atom stereocenters. The van der Waals surface area contributed by atoms with Gasteiger partial charge in [-0.3, -0.25) is 9.52 Å². The van der Waals surface area contributed by atoms with Crippen LogP contribution >= 0.6 is 34.5 Å². The lowest BCUT2D eigenvalue weighted by atomic mass is 10.2. The summed E-state index contributed by atoms with van der Waals surface area (Å²) in [6.45, 7) is 0.306. The first-order valence-electron chi connectivity index (χ1n) is 10.8. The minimum Gasteiger partial charge on any atom is -0.492 e. The fraction of sp³-hybridized carbons (Fsp3) is 0.120. The summed E-state index contributed by atoms with van der Waals surface area (Å²) in [4.78, 5) is 16.6. The SMILES string of the molecule is O=C(CCCOc1ccc(Cl)cc1Cl)Nc1ccc(S(=O)(=O)Nc2nc(-c3ccccc3)cs2)cc1. The van der Waals surface area contributed by atoms with E-state index in [0.717, 1.165) is 5.56 Å². The number of anilines is 2. The number of aromatic nitrogens is 1. The van der Waals surface area contributed by atoms with E-state index < -0.39 is 10.0 Å². The Morgan fingerprint density at radius 3 is 2.47 bits per heavy atom. The van der Waals surface area contributed by atoms with Crippen molar-refractivity contribution in [2.24, 2.45) is 0 Å². The van der Waals surface area contributed by atoms with Crippen molar-refractivity contribution in [1.29, 1.82) is 0 Å². The Labute approximate surface area is 223 Å². The van der Waals surface area contributed by atoms with Crippen molar-refractivity contribution in [2.75, 3.05) is 16.6 Å². The molecule has 0 bridgehead atoms. The molecule has 4 aromatic rings. The van der Waals surface area contributed by atoms with E-state index in [4.69, 9.17) is 27.9 Å². The Balaban J connectivity index is 1.27. The molecule has 0 unspecified atom stereocenters. The number of hydrogen-bond acceptors (Lipinski definition) is 6. The number of carbonyl (C=O) groups excluding carboxylic acids is 1. The lowest BCUT2D eigenvalue weighted by Crippen LogP contribution is -2.14. The topological polar surface area (TPSA) is 97.4 Å². The Bertz CT molecular complexity index is 1440. The number of thiazole rings is 1. The van der Waals surface area contributed by atoms with E-state index in [9.17, 15) is 13.2 Å². The van der Waals surface area contributed by atoms with Gasteiger partial charge >= 0.3 is 0 Å². The summed E-state index contributed by atoms with van der Waals surface area (Å²) in [5.74, 6) is 0.284. The van der Waals surface area contributed by atoms with Gasteiger partial charge in [-0.1, -0.05) is 53.5 Å². The first-order chi connectivity index (χ1) is 17.3.